The molecule has 5 heteroatoms. The largest absolute Gasteiger partial charge is 0.353 e. The van der Waals surface area contributed by atoms with E-state index in [0.29, 0.717) is 35.5 Å². The van der Waals surface area contributed by atoms with Gasteiger partial charge in [-0.3, -0.25) is 14.5 Å². The van der Waals surface area contributed by atoms with E-state index in [9.17, 15) is 9.59 Å². The van der Waals surface area contributed by atoms with Crippen molar-refractivity contribution < 1.29 is 9.59 Å². The molecule has 2 aliphatic heterocycles. The Morgan fingerprint density at radius 2 is 2.24 bits per heavy atom. The molecule has 2 saturated heterocycles. The topological polar surface area (TPSA) is 49.4 Å². The number of piperidine rings is 2. The van der Waals surface area contributed by atoms with E-state index in [1.807, 2.05) is 6.07 Å². The summed E-state index contributed by atoms with van der Waals surface area (Å²) in [4.78, 5) is 25.9. The molecule has 2 unspecified atom stereocenters. The monoisotopic (exact) mass is 306 g/mol. The number of hydrogen-bond acceptors (Lipinski definition) is 3. The van der Waals surface area contributed by atoms with Crippen LogP contribution in [-0.2, 0) is 4.79 Å². The van der Waals surface area contributed by atoms with Gasteiger partial charge in [-0.2, -0.15) is 0 Å². The van der Waals surface area contributed by atoms with Gasteiger partial charge in [-0.15, -0.1) is 0 Å². The van der Waals surface area contributed by atoms with E-state index in [-0.39, 0.29) is 11.7 Å². The zero-order valence-electron chi connectivity index (χ0n) is 11.8. The van der Waals surface area contributed by atoms with Gasteiger partial charge in [-0.05, 0) is 30.9 Å². The number of fused-ring (bicyclic) bond motifs is 1. The van der Waals surface area contributed by atoms with E-state index >= 15 is 0 Å². The van der Waals surface area contributed by atoms with E-state index < -0.39 is 0 Å². The molecular weight excluding hydrogens is 288 g/mol. The van der Waals surface area contributed by atoms with Crippen LogP contribution in [0.4, 0.5) is 0 Å². The molecule has 0 saturated carbocycles. The molecule has 3 rings (SSSR count). The lowest BCUT2D eigenvalue weighted by atomic mass is 9.85. The van der Waals surface area contributed by atoms with Crippen molar-refractivity contribution in [3.8, 4) is 0 Å². The SMILES string of the molecule is O=C1CCC2CN(CC(=O)c3cccc(Cl)c3)CCC2N1. The Labute approximate surface area is 129 Å². The standard InChI is InChI=1S/C16H19ClN2O2/c17-13-3-1-2-11(8-13)15(20)10-19-7-6-14-12(9-19)4-5-16(21)18-14/h1-3,8,12,14H,4-7,9-10H2,(H,18,21). The van der Waals surface area contributed by atoms with Gasteiger partial charge in [0.2, 0.25) is 5.91 Å². The molecule has 1 aromatic carbocycles. The number of carbonyl (C=O) groups is 2. The van der Waals surface area contributed by atoms with Gasteiger partial charge >= 0.3 is 0 Å². The fraction of sp³-hybridized carbons (Fsp3) is 0.500. The van der Waals surface area contributed by atoms with Crippen molar-refractivity contribution in [1.29, 1.82) is 0 Å². The minimum Gasteiger partial charge on any atom is -0.353 e. The predicted octanol–water partition coefficient (Wildman–Crippen LogP) is 2.12. The van der Waals surface area contributed by atoms with E-state index in [2.05, 4.69) is 10.2 Å². The summed E-state index contributed by atoms with van der Waals surface area (Å²) in [7, 11) is 0. The third-order valence-electron chi connectivity index (χ3n) is 4.42. The van der Waals surface area contributed by atoms with Crippen molar-refractivity contribution in [2.75, 3.05) is 19.6 Å². The summed E-state index contributed by atoms with van der Waals surface area (Å²) in [6.45, 7) is 2.17. The maximum Gasteiger partial charge on any atom is 0.220 e. The van der Waals surface area contributed by atoms with Crippen molar-refractivity contribution in [3.05, 3.63) is 34.9 Å². The number of nitrogens with zero attached hydrogens (tertiary/aromatic N) is 1. The van der Waals surface area contributed by atoms with Crippen molar-refractivity contribution in [3.63, 3.8) is 0 Å². The molecule has 4 nitrogen and oxygen atoms in total. The first-order valence-corrected chi connectivity index (χ1v) is 7.80. The maximum absolute atomic E-state index is 12.3. The molecule has 2 heterocycles. The molecular formula is C16H19ClN2O2. The Bertz CT molecular complexity index is 561. The predicted molar refractivity (Wildman–Crippen MR) is 81.5 cm³/mol. The zero-order valence-corrected chi connectivity index (χ0v) is 12.6. The Morgan fingerprint density at radius 1 is 1.38 bits per heavy atom. The average Bonchev–Trinajstić information content (AvgIpc) is 2.47. The number of amides is 1. The number of likely N-dealkylation sites (tertiary alicyclic amines) is 1. The number of Topliss-reactive ketones (excluding diaryl/α,β-unsaturated/α-hetero) is 1. The lowest BCUT2D eigenvalue weighted by Gasteiger charge is -2.41. The smallest absolute Gasteiger partial charge is 0.220 e. The fourth-order valence-corrected chi connectivity index (χ4v) is 3.48. The number of nitrogens with one attached hydrogen (secondary N) is 1. The molecule has 112 valence electrons. The molecule has 0 radical (unpaired) electrons. The van der Waals surface area contributed by atoms with Crippen molar-refractivity contribution in [2.45, 2.75) is 25.3 Å². The summed E-state index contributed by atoms with van der Waals surface area (Å²) in [6.07, 6.45) is 2.47. The Hall–Kier alpha value is -1.39. The normalized spacial score (nSPS) is 26.0. The molecule has 0 aromatic heterocycles. The van der Waals surface area contributed by atoms with Gasteiger partial charge in [-0.1, -0.05) is 23.7 Å². The van der Waals surface area contributed by atoms with Crippen molar-refractivity contribution in [1.82, 2.24) is 10.2 Å². The number of halogens is 1. The van der Waals surface area contributed by atoms with Crippen LogP contribution >= 0.6 is 11.6 Å². The number of rotatable bonds is 3. The zero-order chi connectivity index (χ0) is 14.8. The van der Waals surface area contributed by atoms with E-state index in [0.717, 1.165) is 25.9 Å². The Kier molecular flexibility index (Phi) is 4.27. The van der Waals surface area contributed by atoms with Gasteiger partial charge in [0.1, 0.15) is 0 Å². The van der Waals surface area contributed by atoms with E-state index in [1.165, 1.54) is 0 Å². The van der Waals surface area contributed by atoms with E-state index in [1.54, 1.807) is 18.2 Å². The highest BCUT2D eigenvalue weighted by Gasteiger charge is 2.34. The van der Waals surface area contributed by atoms with Crippen LogP contribution in [0, 0.1) is 5.92 Å². The second-order valence-corrected chi connectivity index (χ2v) is 6.37. The molecule has 2 atom stereocenters. The van der Waals surface area contributed by atoms with Crippen LogP contribution in [0.15, 0.2) is 24.3 Å². The van der Waals surface area contributed by atoms with Gasteiger partial charge in [0.05, 0.1) is 6.54 Å². The quantitative estimate of drug-likeness (QED) is 0.870. The molecule has 1 amide bonds. The number of ketones is 1. The van der Waals surface area contributed by atoms with Crippen LogP contribution in [0.1, 0.15) is 29.6 Å². The number of benzene rings is 1. The second-order valence-electron chi connectivity index (χ2n) is 5.93. The van der Waals surface area contributed by atoms with Crippen LogP contribution in [0.2, 0.25) is 5.02 Å². The lowest BCUT2D eigenvalue weighted by Crippen LogP contribution is -2.54. The fourth-order valence-electron chi connectivity index (χ4n) is 3.29. The lowest BCUT2D eigenvalue weighted by molar-refractivity contribution is -0.125. The van der Waals surface area contributed by atoms with Gasteiger partial charge < -0.3 is 5.32 Å². The summed E-state index contributed by atoms with van der Waals surface area (Å²) >= 11 is 5.93. The first kappa shape index (κ1) is 14.5. The summed E-state index contributed by atoms with van der Waals surface area (Å²) in [5.41, 5.74) is 0.668. The molecule has 1 N–H and O–H groups in total. The van der Waals surface area contributed by atoms with Crippen LogP contribution in [0.3, 0.4) is 0 Å². The molecule has 0 aliphatic carbocycles. The first-order chi connectivity index (χ1) is 10.1. The van der Waals surface area contributed by atoms with E-state index in [4.69, 9.17) is 11.6 Å². The van der Waals surface area contributed by atoms with Crippen LogP contribution in [-0.4, -0.2) is 42.3 Å². The molecule has 21 heavy (non-hydrogen) atoms. The summed E-state index contributed by atoms with van der Waals surface area (Å²) in [6, 6.07) is 7.40. The third kappa shape index (κ3) is 3.44. The molecule has 1 aromatic rings. The number of hydrogen-bond donors (Lipinski definition) is 1. The Balaban J connectivity index is 1.59. The minimum atomic E-state index is 0.107. The minimum absolute atomic E-state index is 0.107. The summed E-state index contributed by atoms with van der Waals surface area (Å²) < 4.78 is 0. The highest BCUT2D eigenvalue weighted by Crippen LogP contribution is 2.25. The molecule has 2 fully saturated rings. The first-order valence-electron chi connectivity index (χ1n) is 7.42. The highest BCUT2D eigenvalue weighted by molar-refractivity contribution is 6.31. The van der Waals surface area contributed by atoms with Gasteiger partial charge in [-0.25, -0.2) is 0 Å². The third-order valence-corrected chi connectivity index (χ3v) is 4.66. The van der Waals surface area contributed by atoms with Gasteiger partial charge in [0, 0.05) is 36.1 Å². The highest BCUT2D eigenvalue weighted by atomic mass is 35.5. The molecule has 0 bridgehead atoms. The summed E-state index contributed by atoms with van der Waals surface area (Å²) in [5.74, 6) is 0.749. The van der Waals surface area contributed by atoms with Crippen LogP contribution in [0.5, 0.6) is 0 Å². The molecule has 0 spiro atoms. The van der Waals surface area contributed by atoms with Crippen molar-refractivity contribution >= 4 is 23.3 Å². The van der Waals surface area contributed by atoms with Crippen LogP contribution < -0.4 is 5.32 Å². The van der Waals surface area contributed by atoms with Crippen molar-refractivity contribution in [2.24, 2.45) is 5.92 Å². The average molecular weight is 307 g/mol. The van der Waals surface area contributed by atoms with Crippen LogP contribution in [0.25, 0.3) is 0 Å². The van der Waals surface area contributed by atoms with Gasteiger partial charge in [0.15, 0.2) is 5.78 Å². The Morgan fingerprint density at radius 3 is 3.05 bits per heavy atom. The number of carbonyl (C=O) groups excluding carboxylic acids is 2. The second kappa shape index (κ2) is 6.16. The molecule has 2 aliphatic rings. The van der Waals surface area contributed by atoms with Gasteiger partial charge in [0.25, 0.3) is 0 Å². The summed E-state index contributed by atoms with van der Waals surface area (Å²) in [5, 5.41) is 3.66. The maximum atomic E-state index is 12.3.